The molecule has 7 heteroatoms. The van der Waals surface area contributed by atoms with Crippen LogP contribution in [0.3, 0.4) is 0 Å². The third kappa shape index (κ3) is 5.66. The minimum absolute atomic E-state index is 0.102. The molecular weight excluding hydrogens is 364 g/mol. The molecule has 150 valence electrons. The summed E-state index contributed by atoms with van der Waals surface area (Å²) in [7, 11) is 1.65. The van der Waals surface area contributed by atoms with Gasteiger partial charge in [-0.1, -0.05) is 12.1 Å². The van der Waals surface area contributed by atoms with E-state index in [2.05, 4.69) is 22.3 Å². The normalized spacial score (nSPS) is 14.8. The van der Waals surface area contributed by atoms with Crippen molar-refractivity contribution in [1.82, 2.24) is 15.1 Å². The number of rotatable bonds is 6. The fourth-order valence-corrected chi connectivity index (χ4v) is 3.26. The molecule has 2 aromatic rings. The van der Waals surface area contributed by atoms with Crippen LogP contribution in [0.5, 0.6) is 5.75 Å². The molecule has 0 radical (unpaired) electrons. The molecule has 5 nitrogen and oxygen atoms in total. The van der Waals surface area contributed by atoms with Gasteiger partial charge in [0.2, 0.25) is 0 Å². The van der Waals surface area contributed by atoms with Crippen LogP contribution in [0.25, 0.3) is 0 Å². The Morgan fingerprint density at radius 1 is 1.00 bits per heavy atom. The molecule has 0 spiro atoms. The first kappa shape index (κ1) is 20.1. The Bertz CT molecular complexity index is 770. The maximum atomic E-state index is 13.2. The summed E-state index contributed by atoms with van der Waals surface area (Å²) in [5.41, 5.74) is 1.66. The number of nitrogens with zero attached hydrogens (tertiary/aromatic N) is 2. The van der Waals surface area contributed by atoms with Crippen molar-refractivity contribution in [1.29, 1.82) is 0 Å². The predicted octanol–water partition coefficient (Wildman–Crippen LogP) is 3.04. The van der Waals surface area contributed by atoms with Gasteiger partial charge in [0.15, 0.2) is 0 Å². The van der Waals surface area contributed by atoms with Crippen molar-refractivity contribution in [3.63, 3.8) is 0 Å². The number of methoxy groups -OCH3 is 1. The first-order chi connectivity index (χ1) is 13.5. The third-order valence-electron chi connectivity index (χ3n) is 4.90. The zero-order valence-electron chi connectivity index (χ0n) is 16.0. The van der Waals surface area contributed by atoms with Gasteiger partial charge in [-0.25, -0.2) is 13.6 Å². The molecule has 2 aromatic carbocycles. The SMILES string of the molecule is COc1ccc(CCN2CCN(C(=O)NCc3cc(F)cc(F)c3)CC2)cc1. The number of amides is 2. The number of carbonyl (C=O) groups excluding carboxylic acids is 1. The van der Waals surface area contributed by atoms with Crippen molar-refractivity contribution in [2.75, 3.05) is 39.8 Å². The molecule has 1 heterocycles. The summed E-state index contributed by atoms with van der Waals surface area (Å²) in [6.45, 7) is 3.91. The molecule has 1 aliphatic heterocycles. The highest BCUT2D eigenvalue weighted by Gasteiger charge is 2.20. The van der Waals surface area contributed by atoms with Crippen LogP contribution in [0, 0.1) is 11.6 Å². The standard InChI is InChI=1S/C21H25F2N3O2/c1-28-20-4-2-16(3-5-20)6-7-25-8-10-26(11-9-25)21(27)24-15-17-12-18(22)14-19(23)13-17/h2-5,12-14H,6-11,15H2,1H3,(H,24,27). The molecule has 0 saturated carbocycles. The maximum Gasteiger partial charge on any atom is 0.317 e. The van der Waals surface area contributed by atoms with E-state index >= 15 is 0 Å². The van der Waals surface area contributed by atoms with Crippen molar-refractivity contribution < 1.29 is 18.3 Å². The Hall–Kier alpha value is -2.67. The first-order valence-corrected chi connectivity index (χ1v) is 9.36. The fourth-order valence-electron chi connectivity index (χ4n) is 3.26. The van der Waals surface area contributed by atoms with Gasteiger partial charge in [0, 0.05) is 45.3 Å². The lowest BCUT2D eigenvalue weighted by molar-refractivity contribution is 0.140. The van der Waals surface area contributed by atoms with E-state index in [4.69, 9.17) is 4.74 Å². The molecule has 1 fully saturated rings. The lowest BCUT2D eigenvalue weighted by atomic mass is 10.1. The molecule has 3 rings (SSSR count). The molecule has 0 atom stereocenters. The molecule has 28 heavy (non-hydrogen) atoms. The van der Waals surface area contributed by atoms with Crippen molar-refractivity contribution in [3.8, 4) is 5.75 Å². The van der Waals surface area contributed by atoms with E-state index in [1.165, 1.54) is 17.7 Å². The van der Waals surface area contributed by atoms with Crippen LogP contribution in [0.15, 0.2) is 42.5 Å². The smallest absolute Gasteiger partial charge is 0.317 e. The highest BCUT2D eigenvalue weighted by molar-refractivity contribution is 5.74. The van der Waals surface area contributed by atoms with Gasteiger partial charge in [-0.2, -0.15) is 0 Å². The van der Waals surface area contributed by atoms with Crippen LogP contribution in [-0.4, -0.2) is 55.7 Å². The number of ether oxygens (including phenoxy) is 1. The topological polar surface area (TPSA) is 44.8 Å². The monoisotopic (exact) mass is 389 g/mol. The van der Waals surface area contributed by atoms with E-state index in [0.29, 0.717) is 18.7 Å². The van der Waals surface area contributed by atoms with E-state index in [0.717, 1.165) is 37.9 Å². The number of hydrogen-bond acceptors (Lipinski definition) is 3. The summed E-state index contributed by atoms with van der Waals surface area (Å²) in [5.74, 6) is -0.436. The van der Waals surface area contributed by atoms with Crippen molar-refractivity contribution in [2.24, 2.45) is 0 Å². The Morgan fingerprint density at radius 3 is 2.25 bits per heavy atom. The van der Waals surface area contributed by atoms with Gasteiger partial charge in [-0.05, 0) is 41.8 Å². The largest absolute Gasteiger partial charge is 0.497 e. The van der Waals surface area contributed by atoms with Gasteiger partial charge in [0.05, 0.1) is 7.11 Å². The number of urea groups is 1. The summed E-state index contributed by atoms with van der Waals surface area (Å²) in [4.78, 5) is 16.3. The first-order valence-electron chi connectivity index (χ1n) is 9.36. The Morgan fingerprint density at radius 2 is 1.64 bits per heavy atom. The molecule has 1 N–H and O–H groups in total. The quantitative estimate of drug-likeness (QED) is 0.826. The molecule has 2 amide bonds. The summed E-state index contributed by atoms with van der Waals surface area (Å²) < 4.78 is 31.6. The van der Waals surface area contributed by atoms with Crippen molar-refractivity contribution in [2.45, 2.75) is 13.0 Å². The van der Waals surface area contributed by atoms with Gasteiger partial charge in [-0.15, -0.1) is 0 Å². The number of nitrogens with one attached hydrogen (secondary N) is 1. The predicted molar refractivity (Wildman–Crippen MR) is 103 cm³/mol. The zero-order chi connectivity index (χ0) is 19.9. The van der Waals surface area contributed by atoms with E-state index < -0.39 is 11.6 Å². The van der Waals surface area contributed by atoms with Crippen LogP contribution in [0.1, 0.15) is 11.1 Å². The molecular formula is C21H25F2N3O2. The number of hydrogen-bond donors (Lipinski definition) is 1. The van der Waals surface area contributed by atoms with E-state index in [-0.39, 0.29) is 12.6 Å². The zero-order valence-corrected chi connectivity index (χ0v) is 16.0. The van der Waals surface area contributed by atoms with Crippen LogP contribution < -0.4 is 10.1 Å². The second-order valence-electron chi connectivity index (χ2n) is 6.86. The second-order valence-corrected chi connectivity index (χ2v) is 6.86. The van der Waals surface area contributed by atoms with Gasteiger partial charge in [0.1, 0.15) is 17.4 Å². The lowest BCUT2D eigenvalue weighted by Gasteiger charge is -2.34. The molecule has 1 saturated heterocycles. The minimum Gasteiger partial charge on any atom is -0.497 e. The number of carbonyl (C=O) groups is 1. The molecule has 0 unspecified atom stereocenters. The highest BCUT2D eigenvalue weighted by Crippen LogP contribution is 2.13. The van der Waals surface area contributed by atoms with Crippen LogP contribution in [0.2, 0.25) is 0 Å². The Balaban J connectivity index is 1.39. The molecule has 1 aliphatic rings. The van der Waals surface area contributed by atoms with Gasteiger partial charge in [-0.3, -0.25) is 4.90 Å². The Labute approximate surface area is 163 Å². The van der Waals surface area contributed by atoms with E-state index in [9.17, 15) is 13.6 Å². The van der Waals surface area contributed by atoms with Crippen LogP contribution in [-0.2, 0) is 13.0 Å². The highest BCUT2D eigenvalue weighted by atomic mass is 19.1. The number of halogens is 2. The average molecular weight is 389 g/mol. The molecule has 0 bridgehead atoms. The van der Waals surface area contributed by atoms with Crippen LogP contribution >= 0.6 is 0 Å². The third-order valence-corrected chi connectivity index (χ3v) is 4.90. The summed E-state index contributed by atoms with van der Waals surface area (Å²) >= 11 is 0. The van der Waals surface area contributed by atoms with Crippen molar-refractivity contribution >= 4 is 6.03 Å². The summed E-state index contributed by atoms with van der Waals surface area (Å²) in [6.07, 6.45) is 0.946. The second kappa shape index (κ2) is 9.50. The maximum absolute atomic E-state index is 13.2. The average Bonchev–Trinajstić information content (AvgIpc) is 2.70. The van der Waals surface area contributed by atoms with Crippen molar-refractivity contribution in [3.05, 3.63) is 65.2 Å². The van der Waals surface area contributed by atoms with Crippen LogP contribution in [0.4, 0.5) is 13.6 Å². The number of piperazine rings is 1. The number of benzene rings is 2. The summed E-state index contributed by atoms with van der Waals surface area (Å²) in [6, 6.07) is 11.1. The molecule has 0 aliphatic carbocycles. The summed E-state index contributed by atoms with van der Waals surface area (Å²) in [5, 5.41) is 2.73. The van der Waals surface area contributed by atoms with E-state index in [1.54, 1.807) is 12.0 Å². The molecule has 0 aromatic heterocycles. The lowest BCUT2D eigenvalue weighted by Crippen LogP contribution is -2.51. The van der Waals surface area contributed by atoms with Gasteiger partial charge in [0.25, 0.3) is 0 Å². The minimum atomic E-state index is -0.644. The van der Waals surface area contributed by atoms with Gasteiger partial charge < -0.3 is 15.0 Å². The fraction of sp³-hybridized carbons (Fsp3) is 0.381. The van der Waals surface area contributed by atoms with Gasteiger partial charge >= 0.3 is 6.03 Å². The Kier molecular flexibility index (Phi) is 6.81. The van der Waals surface area contributed by atoms with E-state index in [1.807, 2.05) is 12.1 Å².